The van der Waals surface area contributed by atoms with Gasteiger partial charge >= 0.3 is 5.97 Å². The second-order valence-electron chi connectivity index (χ2n) is 5.84. The van der Waals surface area contributed by atoms with Crippen LogP contribution in [0.25, 0.3) is 0 Å². The van der Waals surface area contributed by atoms with Crippen LogP contribution >= 0.6 is 23.2 Å². The number of halogens is 2. The molecule has 0 aliphatic carbocycles. The highest BCUT2D eigenvalue weighted by molar-refractivity contribution is 6.42. The zero-order chi connectivity index (χ0) is 18.6. The van der Waals surface area contributed by atoms with Crippen LogP contribution in [0.2, 0.25) is 10.0 Å². The smallest absolute Gasteiger partial charge is 0.339 e. The van der Waals surface area contributed by atoms with Gasteiger partial charge in [-0.3, -0.25) is 4.79 Å². The Bertz CT molecular complexity index is 785. The van der Waals surface area contributed by atoms with Crippen molar-refractivity contribution in [1.82, 2.24) is 4.90 Å². The first-order valence-corrected chi connectivity index (χ1v) is 8.54. The number of furan rings is 1. The van der Waals surface area contributed by atoms with E-state index in [0.717, 1.165) is 12.0 Å². The number of hydrogen-bond donors (Lipinski definition) is 1. The summed E-state index contributed by atoms with van der Waals surface area (Å²) < 4.78 is 5.39. The topological polar surface area (TPSA) is 70.8 Å². The van der Waals surface area contributed by atoms with E-state index >= 15 is 0 Å². The van der Waals surface area contributed by atoms with Gasteiger partial charge in [-0.05, 0) is 43.5 Å². The molecule has 0 atom stereocenters. The molecule has 5 nitrogen and oxygen atoms in total. The van der Waals surface area contributed by atoms with Crippen LogP contribution in [0.1, 0.15) is 40.3 Å². The van der Waals surface area contributed by atoms with Crippen LogP contribution < -0.4 is 0 Å². The number of aryl methyl sites for hydroxylation is 2. The first-order valence-electron chi connectivity index (χ1n) is 7.78. The summed E-state index contributed by atoms with van der Waals surface area (Å²) in [5, 5.41) is 10.0. The molecule has 134 valence electrons. The van der Waals surface area contributed by atoms with Crippen molar-refractivity contribution in [2.75, 3.05) is 7.05 Å². The SMILES string of the molecule is Cc1oc(CN(C)C(=O)CCCc2ccc(Cl)c(Cl)c2)cc1C(=O)O. The van der Waals surface area contributed by atoms with Crippen LogP contribution in [0.5, 0.6) is 0 Å². The van der Waals surface area contributed by atoms with E-state index in [-0.39, 0.29) is 18.0 Å². The van der Waals surface area contributed by atoms with E-state index in [9.17, 15) is 9.59 Å². The van der Waals surface area contributed by atoms with E-state index < -0.39 is 5.97 Å². The van der Waals surface area contributed by atoms with Crippen LogP contribution in [0.4, 0.5) is 0 Å². The van der Waals surface area contributed by atoms with Gasteiger partial charge in [-0.25, -0.2) is 4.79 Å². The summed E-state index contributed by atoms with van der Waals surface area (Å²) in [7, 11) is 1.67. The Kier molecular flexibility index (Phi) is 6.51. The van der Waals surface area contributed by atoms with Crippen LogP contribution in [0.15, 0.2) is 28.7 Å². The Balaban J connectivity index is 1.84. The third kappa shape index (κ3) is 5.25. The van der Waals surface area contributed by atoms with E-state index in [1.807, 2.05) is 6.07 Å². The number of amides is 1. The van der Waals surface area contributed by atoms with Gasteiger partial charge in [0.25, 0.3) is 0 Å². The van der Waals surface area contributed by atoms with Gasteiger partial charge in [-0.1, -0.05) is 29.3 Å². The summed E-state index contributed by atoms with van der Waals surface area (Å²) in [4.78, 5) is 24.7. The van der Waals surface area contributed by atoms with E-state index in [2.05, 4.69) is 0 Å². The Hall–Kier alpha value is -1.98. The molecule has 2 rings (SSSR count). The summed E-state index contributed by atoms with van der Waals surface area (Å²) >= 11 is 11.9. The second-order valence-corrected chi connectivity index (χ2v) is 6.65. The normalized spacial score (nSPS) is 10.7. The van der Waals surface area contributed by atoms with Crippen molar-refractivity contribution < 1.29 is 19.1 Å². The highest BCUT2D eigenvalue weighted by Gasteiger charge is 2.16. The van der Waals surface area contributed by atoms with Crippen LogP contribution in [-0.4, -0.2) is 28.9 Å². The van der Waals surface area contributed by atoms with Crippen molar-refractivity contribution in [3.05, 3.63) is 57.0 Å². The Morgan fingerprint density at radius 3 is 2.52 bits per heavy atom. The fourth-order valence-electron chi connectivity index (χ4n) is 2.49. The van der Waals surface area contributed by atoms with E-state index in [1.165, 1.54) is 11.0 Å². The van der Waals surface area contributed by atoms with Crippen molar-refractivity contribution in [2.45, 2.75) is 32.7 Å². The molecule has 1 N–H and O–H groups in total. The Labute approximate surface area is 156 Å². The summed E-state index contributed by atoms with van der Waals surface area (Å²) in [6.07, 6.45) is 1.78. The van der Waals surface area contributed by atoms with Crippen LogP contribution in [0.3, 0.4) is 0 Å². The third-order valence-corrected chi connectivity index (χ3v) is 4.60. The largest absolute Gasteiger partial charge is 0.478 e. The molecule has 0 saturated heterocycles. The Morgan fingerprint density at radius 2 is 1.92 bits per heavy atom. The quantitative estimate of drug-likeness (QED) is 0.759. The lowest BCUT2D eigenvalue weighted by Crippen LogP contribution is -2.25. The van der Waals surface area contributed by atoms with Crippen molar-refractivity contribution in [3.63, 3.8) is 0 Å². The number of benzene rings is 1. The minimum absolute atomic E-state index is 0.0361. The predicted molar refractivity (Wildman–Crippen MR) is 96.3 cm³/mol. The van der Waals surface area contributed by atoms with Gasteiger partial charge in [0.2, 0.25) is 5.91 Å². The van der Waals surface area contributed by atoms with Gasteiger partial charge in [0, 0.05) is 13.5 Å². The lowest BCUT2D eigenvalue weighted by Gasteiger charge is -2.15. The minimum atomic E-state index is -1.04. The minimum Gasteiger partial charge on any atom is -0.478 e. The molecular weight excluding hydrogens is 365 g/mol. The number of carboxylic acid groups (broad SMARTS) is 1. The molecule has 0 saturated carbocycles. The number of carbonyl (C=O) groups is 2. The predicted octanol–water partition coefficient (Wildman–Crippen LogP) is 4.57. The highest BCUT2D eigenvalue weighted by atomic mass is 35.5. The standard InChI is InChI=1S/C18H19Cl2NO4/c1-11-14(18(23)24)9-13(25-11)10-21(2)17(22)5-3-4-12-6-7-15(19)16(20)8-12/h6-9H,3-5,10H2,1-2H3,(H,23,24). The zero-order valence-electron chi connectivity index (χ0n) is 14.0. The molecule has 0 aliphatic rings. The molecule has 2 aromatic rings. The average molecular weight is 384 g/mol. The van der Waals surface area contributed by atoms with Crippen LogP contribution in [0, 0.1) is 6.92 Å². The number of aromatic carboxylic acids is 1. The first kappa shape index (κ1) is 19.3. The van der Waals surface area contributed by atoms with Gasteiger partial charge in [0.15, 0.2) is 0 Å². The lowest BCUT2D eigenvalue weighted by molar-refractivity contribution is -0.130. The highest BCUT2D eigenvalue weighted by Crippen LogP contribution is 2.23. The Morgan fingerprint density at radius 1 is 1.20 bits per heavy atom. The summed E-state index contributed by atoms with van der Waals surface area (Å²) in [5.41, 5.74) is 1.15. The molecule has 0 spiro atoms. The molecule has 0 fully saturated rings. The molecule has 25 heavy (non-hydrogen) atoms. The second kappa shape index (κ2) is 8.41. The van der Waals surface area contributed by atoms with Gasteiger partial charge in [-0.2, -0.15) is 0 Å². The van der Waals surface area contributed by atoms with Crippen LogP contribution in [-0.2, 0) is 17.8 Å². The number of carboxylic acids is 1. The maximum atomic E-state index is 12.2. The van der Waals surface area contributed by atoms with Gasteiger partial charge in [-0.15, -0.1) is 0 Å². The number of rotatable bonds is 7. The molecule has 0 unspecified atom stereocenters. The van der Waals surface area contributed by atoms with E-state index in [0.29, 0.717) is 34.4 Å². The van der Waals surface area contributed by atoms with Crippen molar-refractivity contribution in [3.8, 4) is 0 Å². The molecule has 0 aliphatic heterocycles. The maximum Gasteiger partial charge on any atom is 0.339 e. The summed E-state index contributed by atoms with van der Waals surface area (Å²) in [5.74, 6) is -0.285. The maximum absolute atomic E-state index is 12.2. The monoisotopic (exact) mass is 383 g/mol. The van der Waals surface area contributed by atoms with Gasteiger partial charge in [0.05, 0.1) is 16.6 Å². The molecule has 1 heterocycles. The lowest BCUT2D eigenvalue weighted by atomic mass is 10.1. The number of carbonyl (C=O) groups excluding carboxylic acids is 1. The fourth-order valence-corrected chi connectivity index (χ4v) is 2.81. The van der Waals surface area contributed by atoms with Gasteiger partial charge in [0.1, 0.15) is 17.1 Å². The van der Waals surface area contributed by atoms with Crippen molar-refractivity contribution in [1.29, 1.82) is 0 Å². The average Bonchev–Trinajstić information content (AvgIpc) is 2.91. The first-order chi connectivity index (χ1) is 11.8. The molecular formula is C18H19Cl2NO4. The molecule has 0 radical (unpaired) electrons. The van der Waals surface area contributed by atoms with E-state index in [4.69, 9.17) is 32.7 Å². The molecule has 7 heteroatoms. The number of nitrogens with zero attached hydrogens (tertiary/aromatic N) is 1. The van der Waals surface area contributed by atoms with Gasteiger partial charge < -0.3 is 14.4 Å². The molecule has 1 aromatic heterocycles. The van der Waals surface area contributed by atoms with Crippen molar-refractivity contribution in [2.24, 2.45) is 0 Å². The molecule has 1 amide bonds. The molecule has 0 bridgehead atoms. The summed E-state index contributed by atoms with van der Waals surface area (Å²) in [6, 6.07) is 6.89. The number of hydrogen-bond acceptors (Lipinski definition) is 3. The zero-order valence-corrected chi connectivity index (χ0v) is 15.5. The van der Waals surface area contributed by atoms with Crippen molar-refractivity contribution >= 4 is 35.1 Å². The third-order valence-electron chi connectivity index (χ3n) is 3.86. The fraction of sp³-hybridized carbons (Fsp3) is 0.333. The molecule has 1 aromatic carbocycles. The van der Waals surface area contributed by atoms with E-state index in [1.54, 1.807) is 26.1 Å². The summed E-state index contributed by atoms with van der Waals surface area (Å²) in [6.45, 7) is 1.83.